The molecule has 4 nitrogen and oxygen atoms in total. The van der Waals surface area contributed by atoms with E-state index in [0.29, 0.717) is 13.1 Å². The number of aryl methyl sites for hydroxylation is 2. The second kappa shape index (κ2) is 7.51. The SMILES string of the molecule is CCc1ccc(N2CC(C(=O)NCc3ccccc3C)CC2=O)cc1. The zero-order valence-electron chi connectivity index (χ0n) is 14.8. The van der Waals surface area contributed by atoms with Crippen molar-refractivity contribution in [2.24, 2.45) is 5.92 Å². The fourth-order valence-electron chi connectivity index (χ4n) is 3.18. The lowest BCUT2D eigenvalue weighted by molar-refractivity contribution is -0.126. The summed E-state index contributed by atoms with van der Waals surface area (Å²) in [6, 6.07) is 16.0. The number of anilines is 1. The van der Waals surface area contributed by atoms with Crippen LogP contribution in [-0.2, 0) is 22.6 Å². The second-order valence-corrected chi connectivity index (χ2v) is 6.57. The molecule has 0 radical (unpaired) electrons. The van der Waals surface area contributed by atoms with E-state index in [1.165, 1.54) is 5.56 Å². The average molecular weight is 336 g/mol. The summed E-state index contributed by atoms with van der Waals surface area (Å²) in [7, 11) is 0. The van der Waals surface area contributed by atoms with Crippen LogP contribution < -0.4 is 10.2 Å². The number of nitrogens with one attached hydrogen (secondary N) is 1. The number of benzene rings is 2. The minimum absolute atomic E-state index is 0.0142. The van der Waals surface area contributed by atoms with E-state index < -0.39 is 0 Å². The lowest BCUT2D eigenvalue weighted by atomic mass is 10.1. The molecule has 4 heteroatoms. The highest BCUT2D eigenvalue weighted by molar-refractivity contribution is 6.00. The van der Waals surface area contributed by atoms with Crippen LogP contribution in [-0.4, -0.2) is 18.4 Å². The van der Waals surface area contributed by atoms with E-state index in [4.69, 9.17) is 0 Å². The maximum atomic E-state index is 12.5. The fraction of sp³-hybridized carbons (Fsp3) is 0.333. The Balaban J connectivity index is 1.61. The van der Waals surface area contributed by atoms with E-state index in [0.717, 1.165) is 23.2 Å². The predicted molar refractivity (Wildman–Crippen MR) is 99.3 cm³/mol. The lowest BCUT2D eigenvalue weighted by Crippen LogP contribution is -2.32. The van der Waals surface area contributed by atoms with Crippen molar-refractivity contribution in [3.63, 3.8) is 0 Å². The molecule has 2 amide bonds. The molecule has 0 spiro atoms. The first kappa shape index (κ1) is 17.2. The zero-order chi connectivity index (χ0) is 17.8. The summed E-state index contributed by atoms with van der Waals surface area (Å²) in [5, 5.41) is 2.97. The van der Waals surface area contributed by atoms with Gasteiger partial charge in [0.1, 0.15) is 0 Å². The molecule has 0 saturated carbocycles. The van der Waals surface area contributed by atoms with Crippen molar-refractivity contribution in [2.45, 2.75) is 33.2 Å². The smallest absolute Gasteiger partial charge is 0.227 e. The van der Waals surface area contributed by atoms with E-state index in [-0.39, 0.29) is 24.2 Å². The Kier molecular flexibility index (Phi) is 5.17. The molecule has 25 heavy (non-hydrogen) atoms. The minimum Gasteiger partial charge on any atom is -0.352 e. The van der Waals surface area contributed by atoms with Crippen LogP contribution in [0.2, 0.25) is 0 Å². The third kappa shape index (κ3) is 3.90. The second-order valence-electron chi connectivity index (χ2n) is 6.57. The van der Waals surface area contributed by atoms with Crippen LogP contribution in [0.4, 0.5) is 5.69 Å². The maximum Gasteiger partial charge on any atom is 0.227 e. The Labute approximate surface area is 148 Å². The van der Waals surface area contributed by atoms with Gasteiger partial charge in [-0.1, -0.05) is 43.3 Å². The number of carbonyl (C=O) groups excluding carboxylic acids is 2. The number of amides is 2. The molecular weight excluding hydrogens is 312 g/mol. The van der Waals surface area contributed by atoms with Crippen molar-refractivity contribution in [1.82, 2.24) is 5.32 Å². The van der Waals surface area contributed by atoms with Gasteiger partial charge in [-0.15, -0.1) is 0 Å². The van der Waals surface area contributed by atoms with Gasteiger partial charge in [-0.2, -0.15) is 0 Å². The molecule has 3 rings (SSSR count). The summed E-state index contributed by atoms with van der Waals surface area (Å²) in [6.07, 6.45) is 1.24. The van der Waals surface area contributed by atoms with E-state index in [9.17, 15) is 9.59 Å². The first-order chi connectivity index (χ1) is 12.1. The Morgan fingerprint density at radius 3 is 2.56 bits per heavy atom. The van der Waals surface area contributed by atoms with Crippen molar-refractivity contribution < 1.29 is 9.59 Å². The quantitative estimate of drug-likeness (QED) is 0.911. The molecule has 1 heterocycles. The molecule has 1 saturated heterocycles. The van der Waals surface area contributed by atoms with Crippen LogP contribution in [0, 0.1) is 12.8 Å². The zero-order valence-corrected chi connectivity index (χ0v) is 14.8. The van der Waals surface area contributed by atoms with Crippen LogP contribution >= 0.6 is 0 Å². The number of rotatable bonds is 5. The summed E-state index contributed by atoms with van der Waals surface area (Å²) >= 11 is 0. The molecule has 2 aromatic carbocycles. The standard InChI is InChI=1S/C21H24N2O2/c1-3-16-8-10-19(11-9-16)23-14-18(12-20(23)24)21(25)22-13-17-7-5-4-6-15(17)2/h4-11,18H,3,12-14H2,1-2H3,(H,22,25). The highest BCUT2D eigenvalue weighted by Crippen LogP contribution is 2.25. The summed E-state index contributed by atoms with van der Waals surface area (Å²) < 4.78 is 0. The summed E-state index contributed by atoms with van der Waals surface area (Å²) in [5.41, 5.74) is 4.37. The number of nitrogens with zero attached hydrogens (tertiary/aromatic N) is 1. The minimum atomic E-state index is -0.289. The van der Waals surface area contributed by atoms with Gasteiger partial charge in [0.25, 0.3) is 0 Å². The molecule has 1 N–H and O–H groups in total. The monoisotopic (exact) mass is 336 g/mol. The molecule has 1 aliphatic heterocycles. The van der Waals surface area contributed by atoms with Gasteiger partial charge in [0.05, 0.1) is 5.92 Å². The fourth-order valence-corrected chi connectivity index (χ4v) is 3.18. The number of hydrogen-bond donors (Lipinski definition) is 1. The van der Waals surface area contributed by atoms with Gasteiger partial charge in [0, 0.05) is 25.2 Å². The highest BCUT2D eigenvalue weighted by atomic mass is 16.2. The molecule has 2 aromatic rings. The molecule has 1 fully saturated rings. The van der Waals surface area contributed by atoms with Gasteiger partial charge in [0.15, 0.2) is 0 Å². The molecule has 0 aromatic heterocycles. The van der Waals surface area contributed by atoms with Crippen LogP contribution in [0.15, 0.2) is 48.5 Å². The van der Waals surface area contributed by atoms with E-state index >= 15 is 0 Å². The van der Waals surface area contributed by atoms with Gasteiger partial charge >= 0.3 is 0 Å². The summed E-state index contributed by atoms with van der Waals surface area (Å²) in [5.74, 6) is -0.327. The lowest BCUT2D eigenvalue weighted by Gasteiger charge is -2.17. The van der Waals surface area contributed by atoms with Crippen LogP contribution in [0.5, 0.6) is 0 Å². The van der Waals surface area contributed by atoms with Crippen molar-refractivity contribution in [3.8, 4) is 0 Å². The van der Waals surface area contributed by atoms with E-state index in [2.05, 4.69) is 12.2 Å². The topological polar surface area (TPSA) is 49.4 Å². The van der Waals surface area contributed by atoms with E-state index in [1.54, 1.807) is 4.90 Å². The highest BCUT2D eigenvalue weighted by Gasteiger charge is 2.34. The normalized spacial score (nSPS) is 17.0. The molecule has 0 aliphatic carbocycles. The third-order valence-electron chi connectivity index (χ3n) is 4.87. The molecule has 1 aliphatic rings. The Morgan fingerprint density at radius 2 is 1.88 bits per heavy atom. The van der Waals surface area contributed by atoms with Crippen molar-refractivity contribution in [2.75, 3.05) is 11.4 Å². The molecule has 1 atom stereocenters. The van der Waals surface area contributed by atoms with Gasteiger partial charge in [-0.3, -0.25) is 9.59 Å². The summed E-state index contributed by atoms with van der Waals surface area (Å²) in [6.45, 7) is 5.08. The van der Waals surface area contributed by atoms with Crippen molar-refractivity contribution in [1.29, 1.82) is 0 Å². The van der Waals surface area contributed by atoms with Gasteiger partial charge < -0.3 is 10.2 Å². The molecular formula is C21H24N2O2. The third-order valence-corrected chi connectivity index (χ3v) is 4.87. The first-order valence-corrected chi connectivity index (χ1v) is 8.80. The van der Waals surface area contributed by atoms with Crippen molar-refractivity contribution >= 4 is 17.5 Å². The van der Waals surface area contributed by atoms with Crippen molar-refractivity contribution in [3.05, 3.63) is 65.2 Å². The first-order valence-electron chi connectivity index (χ1n) is 8.80. The Hall–Kier alpha value is -2.62. The number of hydrogen-bond acceptors (Lipinski definition) is 2. The maximum absolute atomic E-state index is 12.5. The average Bonchev–Trinajstić information content (AvgIpc) is 3.03. The Morgan fingerprint density at radius 1 is 1.16 bits per heavy atom. The largest absolute Gasteiger partial charge is 0.352 e. The van der Waals surface area contributed by atoms with Gasteiger partial charge in [0.2, 0.25) is 11.8 Å². The van der Waals surface area contributed by atoms with Gasteiger partial charge in [-0.05, 0) is 42.2 Å². The van der Waals surface area contributed by atoms with Gasteiger partial charge in [-0.25, -0.2) is 0 Å². The van der Waals surface area contributed by atoms with Crippen LogP contribution in [0.3, 0.4) is 0 Å². The Bertz CT molecular complexity index is 768. The molecule has 1 unspecified atom stereocenters. The molecule has 0 bridgehead atoms. The summed E-state index contributed by atoms with van der Waals surface area (Å²) in [4.78, 5) is 26.5. The number of carbonyl (C=O) groups is 2. The van der Waals surface area contributed by atoms with E-state index in [1.807, 2.05) is 55.5 Å². The van der Waals surface area contributed by atoms with Crippen LogP contribution in [0.1, 0.15) is 30.0 Å². The van der Waals surface area contributed by atoms with Crippen LogP contribution in [0.25, 0.3) is 0 Å². The predicted octanol–water partition coefficient (Wildman–Crippen LogP) is 3.23. The molecule has 130 valence electrons.